The summed E-state index contributed by atoms with van der Waals surface area (Å²) in [6, 6.07) is 15.5. The van der Waals surface area contributed by atoms with Crippen molar-refractivity contribution < 1.29 is 4.79 Å². The standard InChI is InChI=1S/C26H20N8O/c1-15-12-27-26(33-25(15)31-20-4-5-21-19(9-20)14-30-34-21)18-3-2-17-10-23(32-22(17)11-18)24(35)8-16-6-7-28-29-13-16/h2-7,9-14,32H,8H2,1H3,(H,30,34)(H,27,31,33). The van der Waals surface area contributed by atoms with Gasteiger partial charge >= 0.3 is 0 Å². The van der Waals surface area contributed by atoms with Crippen molar-refractivity contribution in [1.29, 1.82) is 0 Å². The van der Waals surface area contributed by atoms with Crippen LogP contribution in [-0.4, -0.2) is 41.1 Å². The van der Waals surface area contributed by atoms with Crippen LogP contribution >= 0.6 is 0 Å². The third kappa shape index (κ3) is 4.10. The number of benzene rings is 2. The third-order valence-corrected chi connectivity index (χ3v) is 5.87. The van der Waals surface area contributed by atoms with Crippen molar-refractivity contribution in [3.8, 4) is 11.4 Å². The molecule has 9 heteroatoms. The first-order valence-electron chi connectivity index (χ1n) is 11.1. The Bertz CT molecular complexity index is 1690. The lowest BCUT2D eigenvalue weighted by Crippen LogP contribution is -2.04. The summed E-state index contributed by atoms with van der Waals surface area (Å²) in [7, 11) is 0. The number of nitrogens with zero attached hydrogens (tertiary/aromatic N) is 5. The number of nitrogens with one attached hydrogen (secondary N) is 3. The summed E-state index contributed by atoms with van der Waals surface area (Å²) >= 11 is 0. The van der Waals surface area contributed by atoms with Crippen LogP contribution in [0.1, 0.15) is 21.6 Å². The monoisotopic (exact) mass is 460 g/mol. The van der Waals surface area contributed by atoms with Gasteiger partial charge in [-0.15, -0.1) is 0 Å². The molecule has 35 heavy (non-hydrogen) atoms. The van der Waals surface area contributed by atoms with Crippen molar-refractivity contribution in [2.24, 2.45) is 0 Å². The Kier molecular flexibility index (Phi) is 4.99. The van der Waals surface area contributed by atoms with Crippen LogP contribution in [0.25, 0.3) is 33.2 Å². The van der Waals surface area contributed by atoms with Gasteiger partial charge in [-0.05, 0) is 48.9 Å². The highest BCUT2D eigenvalue weighted by molar-refractivity contribution is 6.01. The number of anilines is 2. The maximum Gasteiger partial charge on any atom is 0.183 e. The number of hydrogen-bond acceptors (Lipinski definition) is 7. The van der Waals surface area contributed by atoms with Gasteiger partial charge in [0.05, 0.1) is 23.6 Å². The van der Waals surface area contributed by atoms with E-state index in [1.165, 1.54) is 0 Å². The maximum absolute atomic E-state index is 12.7. The van der Waals surface area contributed by atoms with E-state index in [4.69, 9.17) is 4.98 Å². The van der Waals surface area contributed by atoms with E-state index in [1.54, 1.807) is 30.9 Å². The summed E-state index contributed by atoms with van der Waals surface area (Å²) < 4.78 is 0. The molecule has 0 aliphatic rings. The van der Waals surface area contributed by atoms with Crippen molar-refractivity contribution in [1.82, 2.24) is 35.3 Å². The first-order valence-corrected chi connectivity index (χ1v) is 11.1. The number of ketones is 1. The molecule has 9 nitrogen and oxygen atoms in total. The highest BCUT2D eigenvalue weighted by Gasteiger charge is 2.13. The molecular weight excluding hydrogens is 440 g/mol. The van der Waals surface area contributed by atoms with Gasteiger partial charge in [-0.2, -0.15) is 15.3 Å². The molecule has 0 saturated carbocycles. The van der Waals surface area contributed by atoms with Crippen molar-refractivity contribution in [2.75, 3.05) is 5.32 Å². The second-order valence-corrected chi connectivity index (χ2v) is 8.36. The van der Waals surface area contributed by atoms with Crippen LogP contribution in [0.2, 0.25) is 0 Å². The topological polar surface area (TPSA) is 125 Å². The molecule has 0 amide bonds. The molecule has 0 fully saturated rings. The molecule has 0 aliphatic heterocycles. The molecule has 4 heterocycles. The Morgan fingerprint density at radius 1 is 0.943 bits per heavy atom. The molecule has 170 valence electrons. The predicted molar refractivity (Wildman–Crippen MR) is 134 cm³/mol. The number of carbonyl (C=O) groups is 1. The van der Waals surface area contributed by atoms with Crippen LogP contribution in [0.3, 0.4) is 0 Å². The van der Waals surface area contributed by atoms with Gasteiger partial charge in [-0.1, -0.05) is 12.1 Å². The normalized spacial score (nSPS) is 11.2. The number of Topliss-reactive ketones (excluding diaryl/α,β-unsaturated/α-hetero) is 1. The van der Waals surface area contributed by atoms with E-state index >= 15 is 0 Å². The van der Waals surface area contributed by atoms with E-state index in [0.717, 1.165) is 50.0 Å². The summed E-state index contributed by atoms with van der Waals surface area (Å²) in [5, 5.41) is 20.0. The van der Waals surface area contributed by atoms with Crippen LogP contribution in [0, 0.1) is 6.92 Å². The molecule has 2 aromatic carbocycles. The van der Waals surface area contributed by atoms with E-state index < -0.39 is 0 Å². The number of H-pyrrole nitrogens is 2. The molecule has 0 spiro atoms. The van der Waals surface area contributed by atoms with Crippen LogP contribution in [0.15, 0.2) is 73.3 Å². The van der Waals surface area contributed by atoms with E-state index in [0.29, 0.717) is 11.5 Å². The van der Waals surface area contributed by atoms with Crippen molar-refractivity contribution in [3.05, 3.63) is 90.1 Å². The highest BCUT2D eigenvalue weighted by atomic mass is 16.1. The maximum atomic E-state index is 12.7. The summed E-state index contributed by atoms with van der Waals surface area (Å²) in [5.41, 5.74) is 5.90. The third-order valence-electron chi connectivity index (χ3n) is 5.87. The Hall–Kier alpha value is -4.92. The van der Waals surface area contributed by atoms with Crippen molar-refractivity contribution in [2.45, 2.75) is 13.3 Å². The van der Waals surface area contributed by atoms with Gasteiger partial charge in [-0.3, -0.25) is 9.89 Å². The first-order chi connectivity index (χ1) is 17.1. The average Bonchev–Trinajstić information content (AvgIpc) is 3.52. The first kappa shape index (κ1) is 20.7. The van der Waals surface area contributed by atoms with E-state index in [-0.39, 0.29) is 12.2 Å². The lowest BCUT2D eigenvalue weighted by atomic mass is 10.1. The molecule has 3 N–H and O–H groups in total. The van der Waals surface area contributed by atoms with Gasteiger partial charge in [0.25, 0.3) is 0 Å². The van der Waals surface area contributed by atoms with Crippen LogP contribution in [-0.2, 0) is 6.42 Å². The molecule has 6 rings (SSSR count). The molecular formula is C26H20N8O. The fraction of sp³-hybridized carbons (Fsp3) is 0.0769. The zero-order chi connectivity index (χ0) is 23.8. The Morgan fingerprint density at radius 2 is 1.89 bits per heavy atom. The highest BCUT2D eigenvalue weighted by Crippen LogP contribution is 2.27. The molecule has 0 atom stereocenters. The molecule has 0 aliphatic carbocycles. The van der Waals surface area contributed by atoms with Crippen molar-refractivity contribution in [3.63, 3.8) is 0 Å². The molecule has 4 aromatic heterocycles. The summed E-state index contributed by atoms with van der Waals surface area (Å²) in [4.78, 5) is 25.3. The average molecular weight is 461 g/mol. The number of rotatable bonds is 6. The fourth-order valence-electron chi connectivity index (χ4n) is 3.98. The zero-order valence-corrected chi connectivity index (χ0v) is 18.8. The SMILES string of the molecule is Cc1cnc(-c2ccc3cc(C(=O)Cc4ccnnc4)[nH]c3c2)nc1Nc1ccc2[nH]ncc2c1. The molecule has 6 aromatic rings. The van der Waals surface area contributed by atoms with Gasteiger partial charge in [-0.25, -0.2) is 9.97 Å². The van der Waals surface area contributed by atoms with E-state index in [9.17, 15) is 4.79 Å². The number of hydrogen-bond donors (Lipinski definition) is 3. The Labute approximate surface area is 199 Å². The molecule has 0 unspecified atom stereocenters. The molecule has 0 bridgehead atoms. The number of aromatic nitrogens is 7. The van der Waals surface area contributed by atoms with Crippen molar-refractivity contribution >= 4 is 39.1 Å². The lowest BCUT2D eigenvalue weighted by Gasteiger charge is -2.10. The fourth-order valence-corrected chi connectivity index (χ4v) is 3.98. The van der Waals surface area contributed by atoms with E-state index in [2.05, 4.69) is 35.7 Å². The lowest BCUT2D eigenvalue weighted by molar-refractivity contribution is 0.0989. The van der Waals surface area contributed by atoms with Gasteiger partial charge in [0.2, 0.25) is 0 Å². The minimum atomic E-state index is -0.0107. The largest absolute Gasteiger partial charge is 0.352 e. The summed E-state index contributed by atoms with van der Waals surface area (Å²) in [6.07, 6.45) is 7.04. The second-order valence-electron chi connectivity index (χ2n) is 8.36. The number of aromatic amines is 2. The summed E-state index contributed by atoms with van der Waals surface area (Å²) in [5.74, 6) is 1.31. The number of aryl methyl sites for hydroxylation is 1. The zero-order valence-electron chi connectivity index (χ0n) is 18.8. The van der Waals surface area contributed by atoms with Gasteiger partial charge < -0.3 is 10.3 Å². The van der Waals surface area contributed by atoms with Crippen LogP contribution < -0.4 is 5.32 Å². The predicted octanol–water partition coefficient (Wildman–Crippen LogP) is 4.77. The van der Waals surface area contributed by atoms with Gasteiger partial charge in [0.1, 0.15) is 5.82 Å². The van der Waals surface area contributed by atoms with E-state index in [1.807, 2.05) is 49.4 Å². The Balaban J connectivity index is 1.28. The summed E-state index contributed by atoms with van der Waals surface area (Å²) in [6.45, 7) is 1.97. The number of fused-ring (bicyclic) bond motifs is 2. The quantitative estimate of drug-likeness (QED) is 0.306. The molecule has 0 saturated heterocycles. The smallest absolute Gasteiger partial charge is 0.183 e. The van der Waals surface area contributed by atoms with Crippen LogP contribution in [0.5, 0.6) is 0 Å². The minimum absolute atomic E-state index is 0.0107. The second kappa shape index (κ2) is 8.45. The van der Waals surface area contributed by atoms with Crippen LogP contribution in [0.4, 0.5) is 11.5 Å². The van der Waals surface area contributed by atoms with Gasteiger partial charge in [0.15, 0.2) is 11.6 Å². The minimum Gasteiger partial charge on any atom is -0.352 e. The van der Waals surface area contributed by atoms with Gasteiger partial charge in [0, 0.05) is 51.9 Å². The number of carbonyl (C=O) groups excluding carboxylic acids is 1. The molecule has 0 radical (unpaired) electrons. The Morgan fingerprint density at radius 3 is 2.77 bits per heavy atom.